The molecule has 34 heavy (non-hydrogen) atoms. The summed E-state index contributed by atoms with van der Waals surface area (Å²) in [7, 11) is 0. The highest BCUT2D eigenvalue weighted by molar-refractivity contribution is 5.68. The van der Waals surface area contributed by atoms with E-state index in [2.05, 4.69) is 15.2 Å². The number of anilines is 1. The second kappa shape index (κ2) is 7.86. The molecule has 1 aliphatic heterocycles. The number of nitrogen functional groups attached to an aromatic ring is 1. The zero-order chi connectivity index (χ0) is 24.2. The van der Waals surface area contributed by atoms with Crippen molar-refractivity contribution in [1.29, 1.82) is 0 Å². The van der Waals surface area contributed by atoms with E-state index in [1.165, 1.54) is 22.9 Å². The third-order valence-corrected chi connectivity index (χ3v) is 5.77. The molecule has 1 aliphatic rings. The molecule has 1 aromatic carbocycles. The normalized spacial score (nSPS) is 15.4. The molecule has 0 radical (unpaired) electrons. The van der Waals surface area contributed by atoms with Crippen LogP contribution in [0.5, 0.6) is 5.75 Å². The SMILES string of the molecule is CCn1ncc2c1-c1cnc(N)c(c1)OC(C)c1cc(F)ccc1-n1nc(C(F)(F)F)cc1C2. The van der Waals surface area contributed by atoms with Crippen LogP contribution in [0.25, 0.3) is 16.9 Å². The van der Waals surface area contributed by atoms with Crippen molar-refractivity contribution in [2.45, 2.75) is 39.1 Å². The van der Waals surface area contributed by atoms with Crippen LogP contribution in [-0.4, -0.2) is 24.5 Å². The molecule has 4 heterocycles. The van der Waals surface area contributed by atoms with Gasteiger partial charge in [-0.1, -0.05) is 0 Å². The summed E-state index contributed by atoms with van der Waals surface area (Å²) < 4.78 is 64.1. The summed E-state index contributed by atoms with van der Waals surface area (Å²) >= 11 is 0. The van der Waals surface area contributed by atoms with Gasteiger partial charge in [-0.05, 0) is 44.2 Å². The zero-order valence-electron chi connectivity index (χ0n) is 18.3. The Labute approximate surface area is 191 Å². The molecular formula is C23H20F4N6O. The number of nitrogens with two attached hydrogens (primary N) is 1. The summed E-state index contributed by atoms with van der Waals surface area (Å²) in [5.74, 6) is -0.154. The van der Waals surface area contributed by atoms with E-state index in [1.807, 2.05) is 6.92 Å². The average Bonchev–Trinajstić information content (AvgIpc) is 3.39. The van der Waals surface area contributed by atoms with Crippen molar-refractivity contribution in [3.8, 4) is 22.7 Å². The fourth-order valence-corrected chi connectivity index (χ4v) is 4.19. The topological polar surface area (TPSA) is 83.8 Å². The number of aryl methyl sites for hydroxylation is 1. The fourth-order valence-electron chi connectivity index (χ4n) is 4.19. The van der Waals surface area contributed by atoms with Crippen molar-refractivity contribution in [2.75, 3.05) is 5.73 Å². The minimum atomic E-state index is -4.66. The monoisotopic (exact) mass is 472 g/mol. The number of hydrogen-bond acceptors (Lipinski definition) is 5. The van der Waals surface area contributed by atoms with E-state index in [0.717, 1.165) is 6.07 Å². The van der Waals surface area contributed by atoms with Gasteiger partial charge < -0.3 is 10.5 Å². The van der Waals surface area contributed by atoms with Gasteiger partial charge in [0.2, 0.25) is 0 Å². The lowest BCUT2D eigenvalue weighted by atomic mass is 10.0. The molecule has 0 fully saturated rings. The lowest BCUT2D eigenvalue weighted by molar-refractivity contribution is -0.141. The van der Waals surface area contributed by atoms with Crippen molar-refractivity contribution in [3.63, 3.8) is 0 Å². The molecule has 3 aromatic heterocycles. The molecule has 5 rings (SSSR count). The van der Waals surface area contributed by atoms with Crippen molar-refractivity contribution >= 4 is 5.82 Å². The maximum Gasteiger partial charge on any atom is 0.435 e. The van der Waals surface area contributed by atoms with Gasteiger partial charge in [-0.15, -0.1) is 0 Å². The molecule has 0 amide bonds. The number of aromatic nitrogens is 5. The van der Waals surface area contributed by atoms with Gasteiger partial charge in [0.05, 0.1) is 17.6 Å². The number of pyridine rings is 1. The van der Waals surface area contributed by atoms with Crippen LogP contribution in [0.4, 0.5) is 23.4 Å². The van der Waals surface area contributed by atoms with Gasteiger partial charge in [-0.2, -0.15) is 23.4 Å². The first kappa shape index (κ1) is 21.9. The standard InChI is InChI=1S/C23H20F4N6O/c1-3-32-21-13(11-30-32)6-16-9-20(23(25,26)27)31-33(16)18-5-4-15(24)8-17(18)12(2)34-19-7-14(21)10-29-22(19)28/h4-5,7-12H,3,6H2,1-2H3,(H2,28,29). The van der Waals surface area contributed by atoms with Gasteiger partial charge in [0, 0.05) is 41.5 Å². The predicted octanol–water partition coefficient (Wildman–Crippen LogP) is 4.94. The van der Waals surface area contributed by atoms with Gasteiger partial charge >= 0.3 is 6.18 Å². The first-order chi connectivity index (χ1) is 16.2. The number of fused-ring (bicyclic) bond motifs is 7. The van der Waals surface area contributed by atoms with Crippen molar-refractivity contribution in [2.24, 2.45) is 0 Å². The van der Waals surface area contributed by atoms with Crippen LogP contribution in [0.15, 0.2) is 42.7 Å². The van der Waals surface area contributed by atoms with Gasteiger partial charge in [0.1, 0.15) is 11.9 Å². The molecule has 1 atom stereocenters. The lowest BCUT2D eigenvalue weighted by Gasteiger charge is -2.22. The number of halogens is 4. The summed E-state index contributed by atoms with van der Waals surface area (Å²) in [4.78, 5) is 4.24. The molecule has 2 bridgehead atoms. The Kier molecular flexibility index (Phi) is 5.07. The molecule has 0 saturated heterocycles. The number of nitrogens with zero attached hydrogens (tertiary/aromatic N) is 5. The first-order valence-corrected chi connectivity index (χ1v) is 10.6. The Balaban J connectivity index is 1.82. The van der Waals surface area contributed by atoms with Crippen molar-refractivity contribution in [3.05, 3.63) is 71.1 Å². The molecule has 0 spiro atoms. The van der Waals surface area contributed by atoms with Crippen LogP contribution in [-0.2, 0) is 19.1 Å². The van der Waals surface area contributed by atoms with Crippen LogP contribution in [0.3, 0.4) is 0 Å². The summed E-state index contributed by atoms with van der Waals surface area (Å²) in [5.41, 5.74) is 7.86. The van der Waals surface area contributed by atoms with E-state index in [4.69, 9.17) is 10.5 Å². The predicted molar refractivity (Wildman–Crippen MR) is 116 cm³/mol. The summed E-state index contributed by atoms with van der Waals surface area (Å²) in [6, 6.07) is 6.50. The second-order valence-electron chi connectivity index (χ2n) is 8.01. The molecule has 1 unspecified atom stereocenters. The third-order valence-electron chi connectivity index (χ3n) is 5.77. The molecular weight excluding hydrogens is 452 g/mol. The molecule has 0 saturated carbocycles. The number of benzene rings is 1. The maximum absolute atomic E-state index is 14.2. The van der Waals surface area contributed by atoms with E-state index in [-0.39, 0.29) is 29.4 Å². The van der Waals surface area contributed by atoms with Gasteiger partial charge in [0.15, 0.2) is 17.3 Å². The van der Waals surface area contributed by atoms with Gasteiger partial charge in [0.25, 0.3) is 0 Å². The highest BCUT2D eigenvalue weighted by Gasteiger charge is 2.36. The van der Waals surface area contributed by atoms with Crippen LogP contribution in [0.2, 0.25) is 0 Å². The Hall–Kier alpha value is -3.89. The van der Waals surface area contributed by atoms with E-state index >= 15 is 0 Å². The molecule has 4 aromatic rings. The quantitative estimate of drug-likeness (QED) is 0.397. The van der Waals surface area contributed by atoms with Crippen molar-refractivity contribution < 1.29 is 22.3 Å². The number of rotatable bonds is 1. The fraction of sp³-hybridized carbons (Fsp3) is 0.261. The smallest absolute Gasteiger partial charge is 0.435 e. The third kappa shape index (κ3) is 3.66. The van der Waals surface area contributed by atoms with E-state index in [0.29, 0.717) is 28.9 Å². The second-order valence-corrected chi connectivity index (χ2v) is 8.01. The van der Waals surface area contributed by atoms with Crippen LogP contribution in [0, 0.1) is 5.82 Å². The van der Waals surface area contributed by atoms with Crippen LogP contribution < -0.4 is 10.5 Å². The number of alkyl halides is 3. The minimum Gasteiger partial charge on any atom is -0.482 e. The number of ether oxygens (including phenoxy) is 1. The number of hydrogen-bond donors (Lipinski definition) is 1. The molecule has 7 nitrogen and oxygen atoms in total. The van der Waals surface area contributed by atoms with Gasteiger partial charge in [-0.25, -0.2) is 14.1 Å². The Morgan fingerprint density at radius 2 is 1.97 bits per heavy atom. The maximum atomic E-state index is 14.2. The van der Waals surface area contributed by atoms with Crippen LogP contribution >= 0.6 is 0 Å². The molecule has 2 N–H and O–H groups in total. The van der Waals surface area contributed by atoms with E-state index < -0.39 is 23.8 Å². The molecule has 11 heteroatoms. The Morgan fingerprint density at radius 1 is 1.18 bits per heavy atom. The van der Waals surface area contributed by atoms with E-state index in [9.17, 15) is 17.6 Å². The lowest BCUT2D eigenvalue weighted by Crippen LogP contribution is -2.14. The average molecular weight is 472 g/mol. The van der Waals surface area contributed by atoms with Gasteiger partial charge in [-0.3, -0.25) is 4.68 Å². The molecule has 0 aliphatic carbocycles. The van der Waals surface area contributed by atoms with E-state index in [1.54, 1.807) is 30.1 Å². The van der Waals surface area contributed by atoms with Crippen LogP contribution in [0.1, 0.15) is 42.5 Å². The zero-order valence-corrected chi connectivity index (χ0v) is 18.3. The minimum absolute atomic E-state index is 0.101. The summed E-state index contributed by atoms with van der Waals surface area (Å²) in [6.45, 7) is 4.09. The highest BCUT2D eigenvalue weighted by Crippen LogP contribution is 2.37. The largest absolute Gasteiger partial charge is 0.482 e. The molecule has 176 valence electrons. The first-order valence-electron chi connectivity index (χ1n) is 10.6. The summed E-state index contributed by atoms with van der Waals surface area (Å²) in [6.07, 6.45) is -2.15. The Bertz CT molecular complexity index is 1390. The highest BCUT2D eigenvalue weighted by atomic mass is 19.4. The summed E-state index contributed by atoms with van der Waals surface area (Å²) in [5, 5.41) is 8.25. The Morgan fingerprint density at radius 3 is 2.71 bits per heavy atom. The van der Waals surface area contributed by atoms with Crippen molar-refractivity contribution in [1.82, 2.24) is 24.5 Å².